The van der Waals surface area contributed by atoms with Crippen LogP contribution in [-0.4, -0.2) is 66.8 Å². The molecule has 1 N–H and O–H groups in total. The summed E-state index contributed by atoms with van der Waals surface area (Å²) in [6.07, 6.45) is 1.98. The summed E-state index contributed by atoms with van der Waals surface area (Å²) in [7, 11) is 4.59. The van der Waals surface area contributed by atoms with E-state index >= 15 is 0 Å². The third-order valence-electron chi connectivity index (χ3n) is 6.18. The fraction of sp³-hybridized carbons (Fsp3) is 0.292. The molecule has 3 heterocycles. The maximum Gasteiger partial charge on any atom is 0.266 e. The minimum atomic E-state index is -0.574. The van der Waals surface area contributed by atoms with Gasteiger partial charge in [0.05, 0.1) is 34.1 Å². The smallest absolute Gasteiger partial charge is 0.266 e. The molecule has 33 heavy (non-hydrogen) atoms. The van der Waals surface area contributed by atoms with Crippen LogP contribution in [-0.2, 0) is 22.6 Å². The van der Waals surface area contributed by atoms with E-state index in [0.717, 1.165) is 22.2 Å². The van der Waals surface area contributed by atoms with Crippen LogP contribution in [0.2, 0.25) is 0 Å². The van der Waals surface area contributed by atoms with E-state index in [1.54, 1.807) is 17.0 Å². The van der Waals surface area contributed by atoms with Crippen molar-refractivity contribution in [1.82, 2.24) is 14.9 Å². The Hall–Kier alpha value is -4.01. The zero-order chi connectivity index (χ0) is 23.1. The molecule has 1 fully saturated rings. The minimum absolute atomic E-state index is 0.105. The molecule has 9 nitrogen and oxygen atoms in total. The van der Waals surface area contributed by atoms with Crippen molar-refractivity contribution in [3.8, 4) is 17.2 Å². The Bertz CT molecular complexity index is 1260. The third kappa shape index (κ3) is 3.45. The van der Waals surface area contributed by atoms with Gasteiger partial charge in [-0.1, -0.05) is 18.2 Å². The van der Waals surface area contributed by atoms with Gasteiger partial charge in [-0.2, -0.15) is 5.10 Å². The van der Waals surface area contributed by atoms with Crippen molar-refractivity contribution in [2.24, 2.45) is 5.10 Å². The molecule has 0 spiro atoms. The quantitative estimate of drug-likeness (QED) is 0.605. The highest BCUT2D eigenvalue weighted by Crippen LogP contribution is 2.38. The Morgan fingerprint density at radius 3 is 2.45 bits per heavy atom. The summed E-state index contributed by atoms with van der Waals surface area (Å²) in [6, 6.07) is 10.9. The Kier molecular flexibility index (Phi) is 5.16. The first-order chi connectivity index (χ1) is 16.0. The number of piperazine rings is 1. The zero-order valence-corrected chi connectivity index (χ0v) is 18.6. The van der Waals surface area contributed by atoms with E-state index < -0.39 is 6.04 Å². The largest absolute Gasteiger partial charge is 0.493 e. The summed E-state index contributed by atoms with van der Waals surface area (Å²) in [5.74, 6) is 1.09. The number of carbonyl (C=O) groups is 2. The van der Waals surface area contributed by atoms with E-state index in [4.69, 9.17) is 14.2 Å². The molecule has 1 atom stereocenters. The molecule has 1 aromatic heterocycles. The van der Waals surface area contributed by atoms with Gasteiger partial charge in [-0.25, -0.2) is 5.01 Å². The van der Waals surface area contributed by atoms with Gasteiger partial charge >= 0.3 is 0 Å². The van der Waals surface area contributed by atoms with E-state index in [1.165, 1.54) is 32.6 Å². The number of amides is 2. The van der Waals surface area contributed by atoms with Crippen molar-refractivity contribution in [3.05, 3.63) is 53.2 Å². The molecule has 1 unspecified atom stereocenters. The molecule has 9 heteroatoms. The second-order valence-corrected chi connectivity index (χ2v) is 7.97. The predicted octanol–water partition coefficient (Wildman–Crippen LogP) is 2.32. The van der Waals surface area contributed by atoms with Crippen LogP contribution >= 0.6 is 0 Å². The van der Waals surface area contributed by atoms with E-state index in [2.05, 4.69) is 10.1 Å². The van der Waals surface area contributed by atoms with Crippen LogP contribution in [0.5, 0.6) is 17.2 Å². The Balaban J connectivity index is 1.42. The monoisotopic (exact) mass is 448 g/mol. The fourth-order valence-electron chi connectivity index (χ4n) is 4.57. The van der Waals surface area contributed by atoms with Crippen LogP contribution in [0.15, 0.2) is 41.5 Å². The van der Waals surface area contributed by atoms with Crippen LogP contribution in [0.1, 0.15) is 16.8 Å². The van der Waals surface area contributed by atoms with Crippen molar-refractivity contribution in [3.63, 3.8) is 0 Å². The molecule has 2 amide bonds. The van der Waals surface area contributed by atoms with E-state index in [-0.39, 0.29) is 18.4 Å². The number of aromatic nitrogens is 1. The average molecular weight is 448 g/mol. The predicted molar refractivity (Wildman–Crippen MR) is 122 cm³/mol. The molecule has 2 aliphatic rings. The normalized spacial score (nSPS) is 18.0. The number of methoxy groups -OCH3 is 3. The molecule has 0 bridgehead atoms. The van der Waals surface area contributed by atoms with Crippen LogP contribution in [0, 0.1) is 0 Å². The number of fused-ring (bicyclic) bond motifs is 4. The lowest BCUT2D eigenvalue weighted by Gasteiger charge is -2.40. The first-order valence-corrected chi connectivity index (χ1v) is 10.6. The minimum Gasteiger partial charge on any atom is -0.493 e. The number of hydrazone groups is 1. The molecule has 3 aromatic rings. The number of nitrogens with one attached hydrogen (secondary N) is 1. The average Bonchev–Trinajstić information content (AvgIpc) is 3.21. The number of hydrogen-bond acceptors (Lipinski definition) is 6. The third-order valence-corrected chi connectivity index (χ3v) is 6.18. The van der Waals surface area contributed by atoms with Gasteiger partial charge in [0, 0.05) is 28.6 Å². The fourth-order valence-corrected chi connectivity index (χ4v) is 4.57. The topological polar surface area (TPSA) is 96.5 Å². The summed E-state index contributed by atoms with van der Waals surface area (Å²) in [6.45, 7) is 0.287. The molecule has 5 rings (SSSR count). The highest BCUT2D eigenvalue weighted by molar-refractivity contribution is 5.97. The van der Waals surface area contributed by atoms with Crippen LogP contribution in [0.3, 0.4) is 0 Å². The molecule has 0 aliphatic carbocycles. The van der Waals surface area contributed by atoms with Crippen LogP contribution in [0.4, 0.5) is 0 Å². The standard InChI is InChI=1S/C24H24N4O5/c1-31-20-8-14(9-21(32-2)23(20)33-3)11-25-28-13-22(29)27-12-18-16(10-19(27)24(28)30)15-6-4-5-7-17(15)26-18/h4-9,11,19,26H,10,12-13H2,1-3H3/b25-11+. The maximum absolute atomic E-state index is 13.3. The van der Waals surface area contributed by atoms with Crippen molar-refractivity contribution >= 4 is 28.9 Å². The molecule has 2 aliphatic heterocycles. The molecule has 1 saturated heterocycles. The maximum atomic E-state index is 13.3. The number of para-hydroxylation sites is 1. The number of benzene rings is 2. The van der Waals surface area contributed by atoms with Crippen LogP contribution < -0.4 is 14.2 Å². The Labute approximate surface area is 190 Å². The van der Waals surface area contributed by atoms with E-state index in [1.807, 2.05) is 24.3 Å². The lowest BCUT2D eigenvalue weighted by Crippen LogP contribution is -2.60. The van der Waals surface area contributed by atoms with E-state index in [0.29, 0.717) is 35.8 Å². The first-order valence-electron chi connectivity index (χ1n) is 10.6. The molecule has 0 radical (unpaired) electrons. The molecule has 170 valence electrons. The van der Waals surface area contributed by atoms with Gasteiger partial charge in [-0.3, -0.25) is 9.59 Å². The summed E-state index contributed by atoms with van der Waals surface area (Å²) >= 11 is 0. The molecule has 2 aromatic carbocycles. The number of carbonyl (C=O) groups excluding carboxylic acids is 2. The number of aromatic amines is 1. The van der Waals surface area contributed by atoms with E-state index in [9.17, 15) is 9.59 Å². The summed E-state index contributed by atoms with van der Waals surface area (Å²) < 4.78 is 16.1. The number of rotatable bonds is 5. The van der Waals surface area contributed by atoms with Crippen molar-refractivity contribution in [2.45, 2.75) is 19.0 Å². The molecular weight excluding hydrogens is 424 g/mol. The van der Waals surface area contributed by atoms with Gasteiger partial charge in [0.1, 0.15) is 12.6 Å². The van der Waals surface area contributed by atoms with Crippen LogP contribution in [0.25, 0.3) is 10.9 Å². The Morgan fingerprint density at radius 2 is 1.76 bits per heavy atom. The van der Waals surface area contributed by atoms with Gasteiger partial charge in [0.25, 0.3) is 5.91 Å². The van der Waals surface area contributed by atoms with Gasteiger partial charge in [0.2, 0.25) is 11.7 Å². The number of H-pyrrole nitrogens is 1. The van der Waals surface area contributed by atoms with Gasteiger partial charge in [-0.15, -0.1) is 0 Å². The van der Waals surface area contributed by atoms with Crippen molar-refractivity contribution in [2.75, 3.05) is 27.9 Å². The van der Waals surface area contributed by atoms with Gasteiger partial charge in [-0.05, 0) is 23.8 Å². The second-order valence-electron chi connectivity index (χ2n) is 7.97. The zero-order valence-electron chi connectivity index (χ0n) is 18.6. The Morgan fingerprint density at radius 1 is 1.03 bits per heavy atom. The number of hydrogen-bond donors (Lipinski definition) is 1. The first kappa shape index (κ1) is 20.9. The van der Waals surface area contributed by atoms with Gasteiger partial charge in [0.15, 0.2) is 11.5 Å². The summed E-state index contributed by atoms with van der Waals surface area (Å²) in [4.78, 5) is 31.2. The molecular formula is C24H24N4O5. The summed E-state index contributed by atoms with van der Waals surface area (Å²) in [5, 5.41) is 6.67. The number of nitrogens with zero attached hydrogens (tertiary/aromatic N) is 3. The van der Waals surface area contributed by atoms with Crippen molar-refractivity contribution in [1.29, 1.82) is 0 Å². The highest BCUT2D eigenvalue weighted by atomic mass is 16.5. The lowest BCUT2D eigenvalue weighted by atomic mass is 9.94. The second kappa shape index (κ2) is 8.16. The van der Waals surface area contributed by atoms with Gasteiger partial charge < -0.3 is 24.1 Å². The lowest BCUT2D eigenvalue weighted by molar-refractivity contribution is -0.157. The molecule has 0 saturated carbocycles. The van der Waals surface area contributed by atoms with Crippen molar-refractivity contribution < 1.29 is 23.8 Å². The SMILES string of the molecule is COc1cc(/C=N/N2CC(=O)N3Cc4[nH]c5ccccc5c4CC3C2=O)cc(OC)c1OC. The number of ether oxygens (including phenoxy) is 3. The highest BCUT2D eigenvalue weighted by Gasteiger charge is 2.43. The summed E-state index contributed by atoms with van der Waals surface area (Å²) in [5.41, 5.74) is 3.74.